The molecular weight excluding hydrogens is 578 g/mol. The van der Waals surface area contributed by atoms with E-state index in [-0.39, 0.29) is 29.1 Å². The summed E-state index contributed by atoms with van der Waals surface area (Å²) in [4.78, 5) is 29.1. The lowest BCUT2D eigenvalue weighted by molar-refractivity contribution is -0.139. The van der Waals surface area contributed by atoms with Crippen molar-refractivity contribution in [3.05, 3.63) is 82.9 Å². The third-order valence-corrected chi connectivity index (χ3v) is 9.83. The first kappa shape index (κ1) is 32.9. The quantitative estimate of drug-likeness (QED) is 0.294. The van der Waals surface area contributed by atoms with E-state index >= 15 is 0 Å². The zero-order chi connectivity index (χ0) is 32.0. The van der Waals surface area contributed by atoms with Crippen molar-refractivity contribution in [3.63, 3.8) is 0 Å². The Morgan fingerprint density at radius 3 is 2.07 bits per heavy atom. The molecule has 0 bridgehead atoms. The first-order valence-electron chi connectivity index (χ1n) is 14.9. The van der Waals surface area contributed by atoms with Gasteiger partial charge in [0.1, 0.15) is 12.6 Å². The summed E-state index contributed by atoms with van der Waals surface area (Å²) in [5.41, 5.74) is 3.95. The molecule has 1 aliphatic rings. The summed E-state index contributed by atoms with van der Waals surface area (Å²) in [6.45, 7) is 7.06. The molecule has 0 radical (unpaired) electrons. The fourth-order valence-electron chi connectivity index (χ4n) is 5.59. The number of nitrogens with zero attached hydrogens (tertiary/aromatic N) is 2. The minimum absolute atomic E-state index is 0.0563. The monoisotopic (exact) mass is 621 g/mol. The van der Waals surface area contributed by atoms with Crippen molar-refractivity contribution in [3.8, 4) is 11.5 Å². The van der Waals surface area contributed by atoms with Crippen molar-refractivity contribution in [1.29, 1.82) is 0 Å². The Kier molecular flexibility index (Phi) is 10.6. The second kappa shape index (κ2) is 14.2. The Morgan fingerprint density at radius 1 is 0.864 bits per heavy atom. The van der Waals surface area contributed by atoms with Gasteiger partial charge in [-0.3, -0.25) is 13.9 Å². The summed E-state index contributed by atoms with van der Waals surface area (Å²) >= 11 is 0. The van der Waals surface area contributed by atoms with Gasteiger partial charge >= 0.3 is 0 Å². The number of amides is 2. The van der Waals surface area contributed by atoms with Gasteiger partial charge in [0, 0.05) is 18.7 Å². The normalized spacial score (nSPS) is 14.1. The molecule has 0 aromatic heterocycles. The second-order valence-corrected chi connectivity index (χ2v) is 13.4. The molecule has 0 saturated heterocycles. The first-order valence-corrected chi connectivity index (χ1v) is 16.4. The molecule has 0 spiro atoms. The standard InChI is InChI=1S/C34H43N3O6S/c1-23-11-13-27(14-12-23)21-36(26(4)34(39)35-28-9-7-8-10-28)33(38)22-37(29-18-24(2)17-25(3)19-29)44(40,41)30-15-16-31(42-5)32(20-30)43-6/h11-20,26,28H,7-10,21-22H2,1-6H3,(H,35,39). The average Bonchev–Trinajstić information content (AvgIpc) is 3.51. The second-order valence-electron chi connectivity index (χ2n) is 11.5. The minimum atomic E-state index is -4.27. The van der Waals surface area contributed by atoms with Crippen LogP contribution in [0.15, 0.2) is 65.6 Å². The molecule has 1 unspecified atom stereocenters. The van der Waals surface area contributed by atoms with Gasteiger partial charge in [0.05, 0.1) is 24.8 Å². The summed E-state index contributed by atoms with van der Waals surface area (Å²) in [6, 6.07) is 16.7. The zero-order valence-electron chi connectivity index (χ0n) is 26.4. The van der Waals surface area contributed by atoms with Gasteiger partial charge in [0.2, 0.25) is 11.8 Å². The van der Waals surface area contributed by atoms with Gasteiger partial charge in [-0.15, -0.1) is 0 Å². The molecule has 44 heavy (non-hydrogen) atoms. The van der Waals surface area contributed by atoms with Gasteiger partial charge < -0.3 is 19.7 Å². The van der Waals surface area contributed by atoms with Crippen molar-refractivity contribution < 1.29 is 27.5 Å². The van der Waals surface area contributed by atoms with Crippen molar-refractivity contribution in [2.24, 2.45) is 0 Å². The molecule has 236 valence electrons. The maximum absolute atomic E-state index is 14.3. The Morgan fingerprint density at radius 2 is 1.48 bits per heavy atom. The number of methoxy groups -OCH3 is 2. The number of nitrogens with one attached hydrogen (secondary N) is 1. The topological polar surface area (TPSA) is 105 Å². The van der Waals surface area contributed by atoms with Gasteiger partial charge in [-0.05, 0) is 81.5 Å². The van der Waals surface area contributed by atoms with E-state index in [4.69, 9.17) is 9.47 Å². The molecule has 1 fully saturated rings. The highest BCUT2D eigenvalue weighted by Crippen LogP contribution is 2.33. The van der Waals surface area contributed by atoms with Gasteiger partial charge in [-0.1, -0.05) is 48.7 Å². The lowest BCUT2D eigenvalue weighted by Crippen LogP contribution is -2.52. The molecule has 4 rings (SSSR count). The lowest BCUT2D eigenvalue weighted by atomic mass is 10.1. The van der Waals surface area contributed by atoms with Crippen LogP contribution in [0.25, 0.3) is 0 Å². The molecule has 1 N–H and O–H groups in total. The summed E-state index contributed by atoms with van der Waals surface area (Å²) in [6.07, 6.45) is 3.94. The van der Waals surface area contributed by atoms with Crippen LogP contribution < -0.4 is 19.1 Å². The van der Waals surface area contributed by atoms with Gasteiger partial charge in [-0.25, -0.2) is 8.42 Å². The summed E-state index contributed by atoms with van der Waals surface area (Å²) in [5, 5.41) is 3.10. The van der Waals surface area contributed by atoms with Crippen LogP contribution in [0.2, 0.25) is 0 Å². The van der Waals surface area contributed by atoms with E-state index in [2.05, 4.69) is 5.32 Å². The Hall–Kier alpha value is -4.05. The van der Waals surface area contributed by atoms with Gasteiger partial charge in [0.25, 0.3) is 10.0 Å². The minimum Gasteiger partial charge on any atom is -0.493 e. The fraction of sp³-hybridized carbons (Fsp3) is 0.412. The summed E-state index contributed by atoms with van der Waals surface area (Å²) in [7, 11) is -1.36. The molecule has 9 nitrogen and oxygen atoms in total. The maximum Gasteiger partial charge on any atom is 0.264 e. The van der Waals surface area contributed by atoms with Crippen LogP contribution in [0.5, 0.6) is 11.5 Å². The van der Waals surface area contributed by atoms with Crippen molar-refractivity contribution >= 4 is 27.5 Å². The molecule has 3 aromatic carbocycles. The predicted molar refractivity (Wildman–Crippen MR) is 172 cm³/mol. The van der Waals surface area contributed by atoms with Crippen LogP contribution in [0.1, 0.15) is 54.9 Å². The van der Waals surface area contributed by atoms with Crippen molar-refractivity contribution in [1.82, 2.24) is 10.2 Å². The van der Waals surface area contributed by atoms with E-state index in [1.54, 1.807) is 19.1 Å². The first-order chi connectivity index (χ1) is 20.9. The molecule has 0 aliphatic heterocycles. The van der Waals surface area contributed by atoms with E-state index < -0.39 is 28.5 Å². The van der Waals surface area contributed by atoms with Crippen LogP contribution >= 0.6 is 0 Å². The number of carbonyl (C=O) groups excluding carboxylic acids is 2. The van der Waals surface area contributed by atoms with Gasteiger partial charge in [-0.2, -0.15) is 0 Å². The summed E-state index contributed by atoms with van der Waals surface area (Å²) < 4.78 is 40.4. The van der Waals surface area contributed by atoms with E-state index in [0.29, 0.717) is 11.4 Å². The molecule has 10 heteroatoms. The third-order valence-electron chi connectivity index (χ3n) is 8.06. The van der Waals surface area contributed by atoms with Crippen LogP contribution in [0, 0.1) is 20.8 Å². The smallest absolute Gasteiger partial charge is 0.264 e. The molecule has 1 saturated carbocycles. The predicted octanol–water partition coefficient (Wildman–Crippen LogP) is 5.30. The number of ether oxygens (including phenoxy) is 2. The highest BCUT2D eigenvalue weighted by atomic mass is 32.2. The van der Waals surface area contributed by atoms with Crippen LogP contribution in [0.3, 0.4) is 0 Å². The molecular formula is C34H43N3O6S. The SMILES string of the molecule is COc1ccc(S(=O)(=O)N(CC(=O)N(Cc2ccc(C)cc2)C(C)C(=O)NC2CCCC2)c2cc(C)cc(C)c2)cc1OC. The van der Waals surface area contributed by atoms with Crippen molar-refractivity contribution in [2.75, 3.05) is 25.1 Å². The third kappa shape index (κ3) is 7.72. The van der Waals surface area contributed by atoms with Crippen LogP contribution in [-0.4, -0.2) is 58.0 Å². The van der Waals surface area contributed by atoms with Crippen LogP contribution in [0.4, 0.5) is 5.69 Å². The fourth-order valence-corrected chi connectivity index (χ4v) is 7.01. The number of carbonyl (C=O) groups is 2. The summed E-state index contributed by atoms with van der Waals surface area (Å²) in [5.74, 6) is -0.119. The zero-order valence-corrected chi connectivity index (χ0v) is 27.2. The van der Waals surface area contributed by atoms with E-state index in [9.17, 15) is 18.0 Å². The number of anilines is 1. The molecule has 1 aliphatic carbocycles. The Balaban J connectivity index is 1.74. The van der Waals surface area contributed by atoms with E-state index in [1.807, 2.05) is 51.1 Å². The van der Waals surface area contributed by atoms with E-state index in [1.165, 1.54) is 37.3 Å². The van der Waals surface area contributed by atoms with Gasteiger partial charge in [0.15, 0.2) is 11.5 Å². The molecule has 0 heterocycles. The Labute approximate surface area is 261 Å². The highest BCUT2D eigenvalue weighted by molar-refractivity contribution is 7.92. The number of benzene rings is 3. The molecule has 3 aromatic rings. The highest BCUT2D eigenvalue weighted by Gasteiger charge is 2.34. The molecule has 2 amide bonds. The maximum atomic E-state index is 14.3. The largest absolute Gasteiger partial charge is 0.493 e. The number of hydrogen-bond acceptors (Lipinski definition) is 6. The van der Waals surface area contributed by atoms with E-state index in [0.717, 1.165) is 52.2 Å². The number of hydrogen-bond donors (Lipinski definition) is 1. The van der Waals surface area contributed by atoms with Crippen molar-refractivity contribution in [2.45, 2.75) is 76.9 Å². The lowest BCUT2D eigenvalue weighted by Gasteiger charge is -2.32. The number of aryl methyl sites for hydroxylation is 3. The van der Waals surface area contributed by atoms with Crippen LogP contribution in [-0.2, 0) is 26.2 Å². The number of sulfonamides is 1. The molecule has 1 atom stereocenters. The number of rotatable bonds is 12. The Bertz CT molecular complexity index is 1560. The average molecular weight is 622 g/mol.